The molecule has 0 saturated heterocycles. The van der Waals surface area contributed by atoms with Crippen LogP contribution in [0.15, 0.2) is 52.1 Å². The zero-order valence-electron chi connectivity index (χ0n) is 18.2. The summed E-state index contributed by atoms with van der Waals surface area (Å²) in [5.41, 5.74) is 3.59. The maximum absolute atomic E-state index is 5.47. The molecule has 0 amide bonds. The van der Waals surface area contributed by atoms with E-state index in [2.05, 4.69) is 65.7 Å². The van der Waals surface area contributed by atoms with Gasteiger partial charge in [-0.15, -0.1) is 11.3 Å². The third-order valence-corrected chi connectivity index (χ3v) is 5.81. The molecule has 0 unspecified atom stereocenters. The number of aromatic nitrogens is 1. The van der Waals surface area contributed by atoms with Gasteiger partial charge in [-0.1, -0.05) is 24.3 Å². The van der Waals surface area contributed by atoms with E-state index in [1.165, 1.54) is 16.0 Å². The molecule has 0 radical (unpaired) electrons. The average molecular weight is 426 g/mol. The van der Waals surface area contributed by atoms with E-state index in [1.807, 2.05) is 19.1 Å². The summed E-state index contributed by atoms with van der Waals surface area (Å²) < 4.78 is 5.47. The second-order valence-corrected chi connectivity index (χ2v) is 8.60. The van der Waals surface area contributed by atoms with Crippen LogP contribution >= 0.6 is 11.3 Å². The van der Waals surface area contributed by atoms with Crippen molar-refractivity contribution in [2.75, 3.05) is 13.6 Å². The number of nitrogens with one attached hydrogen (secondary N) is 2. The molecule has 0 aliphatic rings. The maximum Gasteiger partial charge on any atom is 0.191 e. The molecule has 7 heteroatoms. The van der Waals surface area contributed by atoms with E-state index in [0.29, 0.717) is 6.54 Å². The van der Waals surface area contributed by atoms with Gasteiger partial charge in [-0.2, -0.15) is 0 Å². The van der Waals surface area contributed by atoms with Crippen molar-refractivity contribution >= 4 is 17.3 Å². The number of furan rings is 1. The molecular weight excluding hydrogens is 394 g/mol. The first-order chi connectivity index (χ1) is 14.5. The molecule has 160 valence electrons. The molecule has 1 aromatic carbocycles. The van der Waals surface area contributed by atoms with Crippen molar-refractivity contribution in [1.82, 2.24) is 20.5 Å². The lowest BCUT2D eigenvalue weighted by molar-refractivity contribution is 0.287. The molecule has 0 fully saturated rings. The number of hydrogen-bond donors (Lipinski definition) is 2. The Morgan fingerprint density at radius 2 is 1.90 bits per heavy atom. The molecule has 0 spiro atoms. The fourth-order valence-electron chi connectivity index (χ4n) is 3.29. The van der Waals surface area contributed by atoms with E-state index < -0.39 is 0 Å². The summed E-state index contributed by atoms with van der Waals surface area (Å²) in [4.78, 5) is 12.8. The highest BCUT2D eigenvalue weighted by Crippen LogP contribution is 2.17. The fourth-order valence-corrected chi connectivity index (χ4v) is 4.17. The Labute approximate surface area is 183 Å². The monoisotopic (exact) mass is 425 g/mol. The standard InChI is InChI=1S/C23H31N5OS/c1-5-24-23(26-14-22-17(2)27-18(3)30-22)25-13-19-9-6-7-10-20(19)15-28(4)16-21-11-8-12-29-21/h6-12H,5,13-16H2,1-4H3,(H2,24,25,26). The number of hydrogen-bond acceptors (Lipinski definition) is 5. The van der Waals surface area contributed by atoms with Crippen molar-refractivity contribution in [3.05, 3.63) is 75.1 Å². The Balaban J connectivity index is 1.64. The van der Waals surface area contributed by atoms with Crippen LogP contribution < -0.4 is 10.6 Å². The summed E-state index contributed by atoms with van der Waals surface area (Å²) in [6, 6.07) is 12.4. The third kappa shape index (κ3) is 6.43. The maximum atomic E-state index is 5.47. The zero-order chi connectivity index (χ0) is 21.3. The first-order valence-electron chi connectivity index (χ1n) is 10.3. The van der Waals surface area contributed by atoms with Gasteiger partial charge in [0.05, 0.1) is 36.6 Å². The second-order valence-electron chi connectivity index (χ2n) is 7.31. The van der Waals surface area contributed by atoms with Gasteiger partial charge in [0.2, 0.25) is 0 Å². The molecule has 6 nitrogen and oxygen atoms in total. The quantitative estimate of drug-likeness (QED) is 0.397. The molecular formula is C23H31N5OS. The number of guanidine groups is 1. The van der Waals surface area contributed by atoms with Crippen LogP contribution in [0.1, 0.15) is 39.4 Å². The van der Waals surface area contributed by atoms with Gasteiger partial charge < -0.3 is 15.1 Å². The summed E-state index contributed by atoms with van der Waals surface area (Å²) in [7, 11) is 2.10. The highest BCUT2D eigenvalue weighted by atomic mass is 32.1. The molecule has 0 aliphatic heterocycles. The Hall–Kier alpha value is -2.64. The van der Waals surface area contributed by atoms with Crippen LogP contribution in [0.25, 0.3) is 0 Å². The first kappa shape index (κ1) is 22.1. The van der Waals surface area contributed by atoms with E-state index in [0.717, 1.165) is 48.6 Å². The summed E-state index contributed by atoms with van der Waals surface area (Å²) in [6.07, 6.45) is 1.72. The van der Waals surface area contributed by atoms with E-state index >= 15 is 0 Å². The number of rotatable bonds is 9. The van der Waals surface area contributed by atoms with Crippen molar-refractivity contribution in [2.45, 2.75) is 47.0 Å². The Bertz CT molecular complexity index is 948. The molecule has 2 aromatic heterocycles. The van der Waals surface area contributed by atoms with Gasteiger partial charge in [0.15, 0.2) is 5.96 Å². The van der Waals surface area contributed by atoms with Crippen LogP contribution in [0.2, 0.25) is 0 Å². The highest BCUT2D eigenvalue weighted by Gasteiger charge is 2.09. The van der Waals surface area contributed by atoms with Crippen LogP contribution in [0.4, 0.5) is 0 Å². The Kier molecular flexibility index (Phi) is 8.04. The number of nitrogens with zero attached hydrogens (tertiary/aromatic N) is 3. The summed E-state index contributed by atoms with van der Waals surface area (Å²) in [6.45, 7) is 9.98. The van der Waals surface area contributed by atoms with Crippen LogP contribution in [-0.2, 0) is 26.2 Å². The second kappa shape index (κ2) is 10.9. The predicted molar refractivity (Wildman–Crippen MR) is 124 cm³/mol. The largest absolute Gasteiger partial charge is 0.468 e. The molecule has 3 rings (SSSR count). The predicted octanol–water partition coefficient (Wildman–Crippen LogP) is 4.24. The minimum atomic E-state index is 0.626. The highest BCUT2D eigenvalue weighted by molar-refractivity contribution is 7.11. The summed E-state index contributed by atoms with van der Waals surface area (Å²) in [5, 5.41) is 7.87. The molecule has 3 aromatic rings. The van der Waals surface area contributed by atoms with Gasteiger partial charge in [-0.25, -0.2) is 9.98 Å². The van der Waals surface area contributed by atoms with Gasteiger partial charge in [-0.3, -0.25) is 4.90 Å². The molecule has 30 heavy (non-hydrogen) atoms. The molecule has 2 heterocycles. The molecule has 0 saturated carbocycles. The van der Waals surface area contributed by atoms with E-state index in [-0.39, 0.29) is 0 Å². The average Bonchev–Trinajstić information content (AvgIpc) is 3.33. The number of benzene rings is 1. The van der Waals surface area contributed by atoms with Crippen LogP contribution in [-0.4, -0.2) is 29.4 Å². The number of aliphatic imine (C=N–C) groups is 1. The van der Waals surface area contributed by atoms with Gasteiger partial charge in [0.25, 0.3) is 0 Å². The SMILES string of the molecule is CCNC(=NCc1ccccc1CN(C)Cc1ccco1)NCc1sc(C)nc1C. The van der Waals surface area contributed by atoms with Crippen molar-refractivity contribution in [2.24, 2.45) is 4.99 Å². The van der Waals surface area contributed by atoms with Crippen LogP contribution in [0.3, 0.4) is 0 Å². The summed E-state index contributed by atoms with van der Waals surface area (Å²) in [5.74, 6) is 1.79. The van der Waals surface area contributed by atoms with Crippen LogP contribution in [0, 0.1) is 13.8 Å². The zero-order valence-corrected chi connectivity index (χ0v) is 19.1. The lowest BCUT2D eigenvalue weighted by Gasteiger charge is -2.17. The molecule has 2 N–H and O–H groups in total. The lowest BCUT2D eigenvalue weighted by atomic mass is 10.1. The molecule has 0 bridgehead atoms. The van der Waals surface area contributed by atoms with Gasteiger partial charge >= 0.3 is 0 Å². The van der Waals surface area contributed by atoms with Gasteiger partial charge in [0, 0.05) is 18.0 Å². The van der Waals surface area contributed by atoms with Crippen molar-refractivity contribution in [1.29, 1.82) is 0 Å². The van der Waals surface area contributed by atoms with Crippen LogP contribution in [0.5, 0.6) is 0 Å². The lowest BCUT2D eigenvalue weighted by Crippen LogP contribution is -2.36. The van der Waals surface area contributed by atoms with Gasteiger partial charge in [-0.05, 0) is 51.1 Å². The number of thiazole rings is 1. The van der Waals surface area contributed by atoms with Crippen molar-refractivity contribution in [3.63, 3.8) is 0 Å². The minimum Gasteiger partial charge on any atom is -0.468 e. The normalized spacial score (nSPS) is 11.8. The van der Waals surface area contributed by atoms with E-state index in [9.17, 15) is 0 Å². The summed E-state index contributed by atoms with van der Waals surface area (Å²) >= 11 is 1.73. The van der Waals surface area contributed by atoms with E-state index in [1.54, 1.807) is 17.6 Å². The first-order valence-corrected chi connectivity index (χ1v) is 11.1. The fraction of sp³-hybridized carbons (Fsp3) is 0.391. The topological polar surface area (TPSA) is 65.7 Å². The Morgan fingerprint density at radius 3 is 2.57 bits per heavy atom. The number of aryl methyl sites for hydroxylation is 2. The van der Waals surface area contributed by atoms with Crippen molar-refractivity contribution < 1.29 is 4.42 Å². The Morgan fingerprint density at radius 1 is 1.10 bits per heavy atom. The van der Waals surface area contributed by atoms with E-state index in [4.69, 9.17) is 9.41 Å². The molecule has 0 atom stereocenters. The van der Waals surface area contributed by atoms with Gasteiger partial charge in [0.1, 0.15) is 5.76 Å². The minimum absolute atomic E-state index is 0.626. The molecule has 0 aliphatic carbocycles. The van der Waals surface area contributed by atoms with Crippen molar-refractivity contribution in [3.8, 4) is 0 Å². The smallest absolute Gasteiger partial charge is 0.191 e. The third-order valence-electron chi connectivity index (χ3n) is 4.73.